The zero-order valence-electron chi connectivity index (χ0n) is 37.9. The summed E-state index contributed by atoms with van der Waals surface area (Å²) in [6.07, 6.45) is -11.5. The van der Waals surface area contributed by atoms with Crippen LogP contribution in [0.15, 0.2) is 42.5 Å². The van der Waals surface area contributed by atoms with Crippen molar-refractivity contribution in [2.75, 3.05) is 30.0 Å². The van der Waals surface area contributed by atoms with Crippen LogP contribution in [-0.4, -0.2) is 95.1 Å². The second kappa shape index (κ2) is 19.1. The van der Waals surface area contributed by atoms with Gasteiger partial charge in [-0.1, -0.05) is 23.6 Å². The summed E-state index contributed by atoms with van der Waals surface area (Å²) in [6.45, 7) is -1.62. The van der Waals surface area contributed by atoms with Gasteiger partial charge < -0.3 is 15.2 Å². The highest BCUT2D eigenvalue weighted by Gasteiger charge is 2.68. The first kappa shape index (κ1) is 53.8. The lowest BCUT2D eigenvalue weighted by Gasteiger charge is -2.23. The number of rotatable bonds is 15. The summed E-state index contributed by atoms with van der Waals surface area (Å²) in [5.74, 6) is -6.08. The van der Waals surface area contributed by atoms with E-state index in [1.54, 1.807) is 0 Å². The number of fused-ring (bicyclic) bond motifs is 4. The summed E-state index contributed by atoms with van der Waals surface area (Å²) >= 11 is 6.60. The molecule has 0 unspecified atom stereocenters. The van der Waals surface area contributed by atoms with Crippen molar-refractivity contribution in [3.8, 4) is 23.0 Å². The molecule has 15 nitrogen and oxygen atoms in total. The standard InChI is InChI=1S/C44H40ClF10N7O8S2/c1-41(2,71(3,66)67)12-11-25-7-8-26(27-9-10-30(45)34-36(27)61(21-42(48,49)50)59-39(34)62(72(4,68)69)40(65)70-14-6-5-13-63)35(56-25)31(17-22-15-23(46)18-24(47)16-22)57-32(64)20-60-38-33(37(58-60)44(53,54)55)28-19-29(28)43(38,51)52/h7-10,15-16,18,28-29,31,63H,5-6,13-14,17,19-21H2,1-4H3,(H,57,64)/t28-,29+,31-/m0/s1. The zero-order valence-corrected chi connectivity index (χ0v) is 40.3. The number of aliphatic hydroxyl groups excluding tert-OH is 1. The predicted molar refractivity (Wildman–Crippen MR) is 238 cm³/mol. The maximum Gasteiger partial charge on any atom is 0.435 e. The fourth-order valence-electron chi connectivity index (χ4n) is 8.21. The second-order valence-electron chi connectivity index (χ2n) is 17.6. The van der Waals surface area contributed by atoms with Crippen molar-refractivity contribution in [3.05, 3.63) is 93.0 Å². The molecule has 2 N–H and O–H groups in total. The number of benzene rings is 2. The van der Waals surface area contributed by atoms with Crippen LogP contribution in [0.25, 0.3) is 22.0 Å². The second-order valence-corrected chi connectivity index (χ2v) is 22.4. The number of carbonyl (C=O) groups is 2. The summed E-state index contributed by atoms with van der Waals surface area (Å²) in [4.78, 5) is 32.1. The molecule has 2 aliphatic carbocycles. The Morgan fingerprint density at radius 1 is 0.972 bits per heavy atom. The highest BCUT2D eigenvalue weighted by atomic mass is 35.5. The minimum atomic E-state index is -5.23. The lowest BCUT2D eigenvalue weighted by atomic mass is 9.93. The van der Waals surface area contributed by atoms with E-state index in [1.807, 2.05) is 0 Å². The van der Waals surface area contributed by atoms with Gasteiger partial charge >= 0.3 is 18.4 Å². The summed E-state index contributed by atoms with van der Waals surface area (Å²) in [5, 5.41) is 17.7. The molecule has 0 spiro atoms. The van der Waals surface area contributed by atoms with Gasteiger partial charge in [0.25, 0.3) is 5.92 Å². The average molecular weight is 1080 g/mol. The van der Waals surface area contributed by atoms with E-state index in [-0.39, 0.29) is 61.9 Å². The van der Waals surface area contributed by atoms with Crippen LogP contribution in [-0.2, 0) is 61.0 Å². The largest absolute Gasteiger partial charge is 0.448 e. The Bertz CT molecular complexity index is 3280. The Kier molecular flexibility index (Phi) is 14.3. The van der Waals surface area contributed by atoms with E-state index in [0.717, 1.165) is 42.7 Å². The minimum Gasteiger partial charge on any atom is -0.448 e. The molecule has 72 heavy (non-hydrogen) atoms. The van der Waals surface area contributed by atoms with E-state index in [2.05, 4.69) is 32.3 Å². The zero-order chi connectivity index (χ0) is 53.3. The smallest absolute Gasteiger partial charge is 0.435 e. The molecule has 3 atom stereocenters. The lowest BCUT2D eigenvalue weighted by Crippen LogP contribution is -2.37. The first-order valence-electron chi connectivity index (χ1n) is 21.3. The van der Waals surface area contributed by atoms with Gasteiger partial charge in [0.2, 0.25) is 15.9 Å². The molecule has 2 aromatic carbocycles. The van der Waals surface area contributed by atoms with Crippen molar-refractivity contribution in [2.24, 2.45) is 5.92 Å². The molecule has 1 fully saturated rings. The first-order chi connectivity index (χ1) is 33.2. The van der Waals surface area contributed by atoms with Crippen LogP contribution in [0.5, 0.6) is 0 Å². The molecule has 388 valence electrons. The fourth-order valence-corrected chi connectivity index (χ4v) is 9.45. The molecular formula is C44H40ClF10N7O8S2. The number of halogens is 11. The van der Waals surface area contributed by atoms with Crippen LogP contribution in [0, 0.1) is 29.4 Å². The predicted octanol–water partition coefficient (Wildman–Crippen LogP) is 7.97. The molecule has 0 aliphatic heterocycles. The summed E-state index contributed by atoms with van der Waals surface area (Å²) in [6, 6.07) is 4.72. The van der Waals surface area contributed by atoms with Gasteiger partial charge in [0.05, 0.1) is 40.5 Å². The quantitative estimate of drug-likeness (QED) is 0.0587. The summed E-state index contributed by atoms with van der Waals surface area (Å²) < 4.78 is 202. The van der Waals surface area contributed by atoms with Crippen molar-refractivity contribution in [1.29, 1.82) is 0 Å². The van der Waals surface area contributed by atoms with E-state index in [9.17, 15) is 61.5 Å². The van der Waals surface area contributed by atoms with Crippen molar-refractivity contribution in [1.82, 2.24) is 29.9 Å². The Morgan fingerprint density at radius 3 is 2.22 bits per heavy atom. The van der Waals surface area contributed by atoms with Gasteiger partial charge in [-0.15, -0.1) is 0 Å². The Balaban J connectivity index is 1.47. The number of sulfone groups is 1. The third kappa shape index (κ3) is 11.0. The molecule has 5 aromatic rings. The van der Waals surface area contributed by atoms with E-state index in [0.29, 0.717) is 12.3 Å². The third-order valence-electron chi connectivity index (χ3n) is 11.8. The number of anilines is 1. The molecule has 0 bridgehead atoms. The van der Waals surface area contributed by atoms with Gasteiger partial charge in [-0.3, -0.25) is 14.2 Å². The topological polar surface area (TPSA) is 196 Å². The van der Waals surface area contributed by atoms with Gasteiger partial charge in [0.15, 0.2) is 21.3 Å². The number of ether oxygens (including phenoxy) is 1. The number of nitrogens with zero attached hydrogens (tertiary/aromatic N) is 6. The third-order valence-corrected chi connectivity index (χ3v) is 15.0. The molecule has 1 saturated carbocycles. The van der Waals surface area contributed by atoms with E-state index in [4.69, 9.17) is 21.4 Å². The Labute approximate surface area is 408 Å². The Morgan fingerprint density at radius 2 is 1.62 bits per heavy atom. The van der Waals surface area contributed by atoms with Gasteiger partial charge in [-0.25, -0.2) is 35.4 Å². The number of alkyl halides is 8. The number of hydrogen-bond donors (Lipinski definition) is 2. The monoisotopic (exact) mass is 1080 g/mol. The number of sulfonamides is 1. The molecule has 2 aliphatic rings. The number of carbonyl (C=O) groups excluding carboxylic acids is 2. The van der Waals surface area contributed by atoms with Gasteiger partial charge in [-0.05, 0) is 87.3 Å². The van der Waals surface area contributed by atoms with Crippen molar-refractivity contribution in [3.63, 3.8) is 0 Å². The van der Waals surface area contributed by atoms with E-state index >= 15 is 8.78 Å². The van der Waals surface area contributed by atoms with Crippen LogP contribution < -0.4 is 9.62 Å². The number of aliphatic hydroxyl groups is 1. The first-order valence-corrected chi connectivity index (χ1v) is 25.4. The summed E-state index contributed by atoms with van der Waals surface area (Å²) in [5.41, 5.74) is -5.95. The highest BCUT2D eigenvalue weighted by Crippen LogP contribution is 2.68. The molecule has 2 amide bonds. The molecule has 0 saturated heterocycles. The van der Waals surface area contributed by atoms with Crippen LogP contribution in [0.3, 0.4) is 0 Å². The van der Waals surface area contributed by atoms with Gasteiger partial charge in [0.1, 0.15) is 40.9 Å². The number of aromatic nitrogens is 5. The van der Waals surface area contributed by atoms with Crippen molar-refractivity contribution >= 4 is 60.2 Å². The SMILES string of the molecule is CC(C)(C#Cc1ccc(-c2ccc(Cl)c3c(N(C(=O)OCCCCO)S(C)(=O)=O)nn(CC(F)(F)F)c23)c([C@H](Cc2cc(F)cc(F)c2)NC(=O)Cn2nc(C(F)(F)F)c3c2C(F)(F)[C@@H]2C[C@H]32)n1)S(C)(=O)=O. The molecule has 7 rings (SSSR count). The average Bonchev–Trinajstić information content (AvgIpc) is 3.75. The number of nitrogens with one attached hydrogen (secondary N) is 1. The van der Waals surface area contributed by atoms with E-state index in [1.165, 1.54) is 13.8 Å². The van der Waals surface area contributed by atoms with Gasteiger partial charge in [0, 0.05) is 41.5 Å². The molecule has 3 aromatic heterocycles. The van der Waals surface area contributed by atoms with Crippen LogP contribution in [0.4, 0.5) is 54.5 Å². The van der Waals surface area contributed by atoms with Crippen molar-refractivity contribution in [2.45, 2.75) is 87.6 Å². The maximum atomic E-state index is 15.6. The number of amides is 2. The number of pyridine rings is 1. The molecule has 3 heterocycles. The number of unbranched alkanes of at least 4 members (excludes halogenated alkanes) is 1. The minimum absolute atomic E-state index is 0.0298. The summed E-state index contributed by atoms with van der Waals surface area (Å²) in [7, 11) is -8.74. The lowest BCUT2D eigenvalue weighted by molar-refractivity contribution is -0.143. The Hall–Kier alpha value is -5.98. The molecule has 28 heteroatoms. The maximum absolute atomic E-state index is 15.6. The van der Waals surface area contributed by atoms with Crippen LogP contribution in [0.1, 0.15) is 79.0 Å². The van der Waals surface area contributed by atoms with Crippen LogP contribution >= 0.6 is 11.6 Å². The van der Waals surface area contributed by atoms with Gasteiger partial charge in [-0.2, -0.15) is 49.6 Å². The highest BCUT2D eigenvalue weighted by molar-refractivity contribution is 7.93. The molecule has 0 radical (unpaired) electrons. The number of hydrogen-bond acceptors (Lipinski definition) is 11. The van der Waals surface area contributed by atoms with E-state index < -0.39 is 155 Å². The normalized spacial score (nSPS) is 16.9. The van der Waals surface area contributed by atoms with Crippen LogP contribution in [0.2, 0.25) is 5.02 Å². The molecular weight excluding hydrogens is 1040 g/mol. The fraction of sp³-hybridized carbons (Fsp3) is 0.432. The van der Waals surface area contributed by atoms with Crippen molar-refractivity contribution < 1.29 is 80.2 Å².